The van der Waals surface area contributed by atoms with E-state index in [9.17, 15) is 4.79 Å². The Morgan fingerprint density at radius 3 is 2.86 bits per heavy atom. The zero-order chi connectivity index (χ0) is 24.4. The highest BCUT2D eigenvalue weighted by molar-refractivity contribution is 7.24. The first-order chi connectivity index (χ1) is 17.6. The number of carbonyl (C=O) groups is 1. The van der Waals surface area contributed by atoms with Crippen molar-refractivity contribution in [3.05, 3.63) is 54.9 Å². The summed E-state index contributed by atoms with van der Waals surface area (Å²) in [6.07, 6.45) is 7.42. The van der Waals surface area contributed by atoms with Crippen LogP contribution < -0.4 is 0 Å². The minimum absolute atomic E-state index is 0.0802. The number of fused-ring (bicyclic) bond motifs is 9. The van der Waals surface area contributed by atoms with Crippen LogP contribution in [0.4, 0.5) is 4.39 Å². The highest BCUT2D eigenvalue weighted by Crippen LogP contribution is 2.31. The molecule has 2 N–H and O–H groups in total. The van der Waals surface area contributed by atoms with Crippen LogP contribution in [0.15, 0.2) is 49.1 Å². The number of H-pyrrole nitrogens is 2. The number of aromatic amines is 2. The van der Waals surface area contributed by atoms with Gasteiger partial charge in [0, 0.05) is 24.2 Å². The Bertz CT molecular complexity index is 2070. The second-order valence-electron chi connectivity index (χ2n) is 8.47. The maximum Gasteiger partial charge on any atom is 0.232 e. The molecule has 0 unspecified atom stereocenters. The molecule has 0 fully saturated rings. The summed E-state index contributed by atoms with van der Waals surface area (Å²) in [5, 5.41) is 7.92. The second-order valence-corrected chi connectivity index (χ2v) is 9.53. The van der Waals surface area contributed by atoms with Gasteiger partial charge in [-0.05, 0) is 30.7 Å². The number of nitrogens with zero attached hydrogens (tertiary/aromatic N) is 6. The van der Waals surface area contributed by atoms with Crippen molar-refractivity contribution in [2.75, 3.05) is 0 Å². The van der Waals surface area contributed by atoms with Gasteiger partial charge in [0.25, 0.3) is 0 Å². The van der Waals surface area contributed by atoms with Crippen molar-refractivity contribution in [2.45, 2.75) is 19.8 Å². The van der Waals surface area contributed by atoms with E-state index in [1.165, 1.54) is 23.7 Å². The molecule has 0 aliphatic heterocycles. The average molecular weight is 497 g/mol. The third-order valence-electron chi connectivity index (χ3n) is 6.18. The maximum absolute atomic E-state index is 16.0. The van der Waals surface area contributed by atoms with Gasteiger partial charge in [-0.1, -0.05) is 6.92 Å². The quantitative estimate of drug-likeness (QED) is 0.312. The molecule has 0 saturated carbocycles. The molecule has 0 aliphatic rings. The van der Waals surface area contributed by atoms with Crippen LogP contribution in [0.3, 0.4) is 0 Å². The first-order valence-electron chi connectivity index (χ1n) is 11.4. The molecule has 0 amide bonds. The van der Waals surface area contributed by atoms with Crippen molar-refractivity contribution in [2.24, 2.45) is 0 Å². The molecule has 7 aromatic rings. The van der Waals surface area contributed by atoms with Gasteiger partial charge in [-0.3, -0.25) is 29.4 Å². The molecule has 11 heteroatoms. The number of nitrogens with one attached hydrogen (secondary N) is 2. The molecule has 8 bridgehead atoms. The van der Waals surface area contributed by atoms with Crippen LogP contribution in [0.2, 0.25) is 0 Å². The van der Waals surface area contributed by atoms with Crippen LogP contribution in [-0.4, -0.2) is 45.6 Å². The smallest absolute Gasteiger partial charge is 0.232 e. The van der Waals surface area contributed by atoms with Gasteiger partial charge in [-0.25, -0.2) is 9.37 Å². The van der Waals surface area contributed by atoms with Crippen molar-refractivity contribution >= 4 is 81.8 Å². The molecular weight excluding hydrogens is 479 g/mol. The molecule has 36 heavy (non-hydrogen) atoms. The molecule has 0 aromatic carbocycles. The summed E-state index contributed by atoms with van der Waals surface area (Å²) in [6.45, 7) is 1.96. The summed E-state index contributed by atoms with van der Waals surface area (Å²) < 4.78 is 18.5. The number of pyridine rings is 3. The van der Waals surface area contributed by atoms with Gasteiger partial charge < -0.3 is 4.98 Å². The predicted molar refractivity (Wildman–Crippen MR) is 138 cm³/mol. The SMILES string of the molecule is CCCC(=O)n1c2cncc(c2)c2ncc3[nH]nc(c4nc5c(ccnc5c5ccc1s5)[nH]4)c3c2F. The lowest BCUT2D eigenvalue weighted by Crippen LogP contribution is -2.10. The van der Waals surface area contributed by atoms with E-state index >= 15 is 4.39 Å². The fourth-order valence-electron chi connectivity index (χ4n) is 4.55. The normalized spacial score (nSPS) is 11.9. The third-order valence-corrected chi connectivity index (χ3v) is 7.26. The highest BCUT2D eigenvalue weighted by Gasteiger charge is 2.16. The molecule has 0 aliphatic carbocycles. The fraction of sp³-hybridized carbons (Fsp3) is 0.120. The Kier molecular flexibility index (Phi) is 4.48. The van der Waals surface area contributed by atoms with Gasteiger partial charge in [0.2, 0.25) is 5.91 Å². The highest BCUT2D eigenvalue weighted by atomic mass is 32.1. The molecule has 0 saturated heterocycles. The van der Waals surface area contributed by atoms with Crippen molar-refractivity contribution in [1.82, 2.24) is 39.7 Å². The molecule has 0 atom stereocenters. The van der Waals surface area contributed by atoms with E-state index in [2.05, 4.69) is 30.1 Å². The van der Waals surface area contributed by atoms with E-state index in [1.54, 1.807) is 23.0 Å². The Balaban J connectivity index is 1.79. The topological polar surface area (TPSA) is 118 Å². The van der Waals surface area contributed by atoms with E-state index in [-0.39, 0.29) is 16.8 Å². The lowest BCUT2D eigenvalue weighted by atomic mass is 10.2. The molecular formula is C25H17FN8OS. The van der Waals surface area contributed by atoms with E-state index in [1.807, 2.05) is 25.1 Å². The molecule has 7 heterocycles. The van der Waals surface area contributed by atoms with Crippen molar-refractivity contribution < 1.29 is 9.18 Å². The Morgan fingerprint density at radius 2 is 1.97 bits per heavy atom. The molecule has 7 aromatic heterocycles. The van der Waals surface area contributed by atoms with Crippen LogP contribution in [0, 0.1) is 5.82 Å². The van der Waals surface area contributed by atoms with Gasteiger partial charge in [-0.15, -0.1) is 11.3 Å². The number of carbonyl (C=O) groups excluding carboxylic acids is 1. The van der Waals surface area contributed by atoms with E-state index in [0.29, 0.717) is 56.3 Å². The van der Waals surface area contributed by atoms with Crippen LogP contribution in [0.5, 0.6) is 0 Å². The number of hydrogen-bond donors (Lipinski definition) is 2. The summed E-state index contributed by atoms with van der Waals surface area (Å²) >= 11 is 1.43. The minimum Gasteiger partial charge on any atom is -0.336 e. The Morgan fingerprint density at radius 1 is 1.06 bits per heavy atom. The Labute approximate surface area is 205 Å². The largest absolute Gasteiger partial charge is 0.336 e. The summed E-state index contributed by atoms with van der Waals surface area (Å²) in [5.74, 6) is -0.628. The van der Waals surface area contributed by atoms with E-state index < -0.39 is 5.82 Å². The van der Waals surface area contributed by atoms with Crippen molar-refractivity contribution in [3.63, 3.8) is 0 Å². The van der Waals surface area contributed by atoms with Gasteiger partial charge in [0.15, 0.2) is 11.5 Å². The monoisotopic (exact) mass is 496 g/mol. The maximum atomic E-state index is 16.0. The van der Waals surface area contributed by atoms with E-state index in [0.717, 1.165) is 10.2 Å². The Hall–Kier alpha value is -4.51. The summed E-state index contributed by atoms with van der Waals surface area (Å²) in [7, 11) is 0. The second kappa shape index (κ2) is 7.75. The van der Waals surface area contributed by atoms with Gasteiger partial charge in [-0.2, -0.15) is 5.10 Å². The van der Waals surface area contributed by atoms with Gasteiger partial charge in [0.05, 0.1) is 39.0 Å². The zero-order valence-electron chi connectivity index (χ0n) is 18.9. The first kappa shape index (κ1) is 20.8. The summed E-state index contributed by atoms with van der Waals surface area (Å²) in [4.78, 5) is 35.3. The molecule has 176 valence electrons. The standard InChI is InChI=1S/C25H17FN8OS/c1-2-3-17(35)34-13-8-12(9-27-10-13)21-20(26)19-15(11-29-21)32-33-24(19)25-30-14-6-7-28-23(22(14)31-25)16-4-5-18(34)36-16/h4-11H,2-3H2,1H3,(H,30,31)(H,32,33). The van der Waals surface area contributed by atoms with Crippen LogP contribution in [-0.2, 0) is 0 Å². The zero-order valence-corrected chi connectivity index (χ0v) is 19.7. The summed E-state index contributed by atoms with van der Waals surface area (Å²) in [5.41, 5.74) is 3.91. The van der Waals surface area contributed by atoms with E-state index in [4.69, 9.17) is 4.98 Å². The van der Waals surface area contributed by atoms with Crippen molar-refractivity contribution in [1.29, 1.82) is 0 Å². The lowest BCUT2D eigenvalue weighted by Gasteiger charge is -2.07. The number of aromatic nitrogens is 8. The number of hydrogen-bond acceptors (Lipinski definition) is 7. The fourth-order valence-corrected chi connectivity index (χ4v) is 5.59. The van der Waals surface area contributed by atoms with Crippen LogP contribution in [0.25, 0.3) is 64.6 Å². The minimum atomic E-state index is -0.548. The number of imidazole rings is 1. The first-order valence-corrected chi connectivity index (χ1v) is 12.2. The predicted octanol–water partition coefficient (Wildman–Crippen LogP) is 5.80. The molecule has 9 nitrogen and oxygen atoms in total. The third kappa shape index (κ3) is 2.99. The molecule has 7 rings (SSSR count). The number of rotatable bonds is 2. The molecule has 0 radical (unpaired) electrons. The number of thiophene rings is 1. The number of halogens is 1. The van der Waals surface area contributed by atoms with Gasteiger partial charge >= 0.3 is 0 Å². The van der Waals surface area contributed by atoms with Gasteiger partial charge in [0.1, 0.15) is 26.9 Å². The summed E-state index contributed by atoms with van der Waals surface area (Å²) in [6, 6.07) is 7.37. The molecule has 0 spiro atoms. The average Bonchev–Trinajstić information content (AvgIpc) is 3.62. The van der Waals surface area contributed by atoms with Crippen LogP contribution in [0.1, 0.15) is 24.6 Å². The van der Waals surface area contributed by atoms with Crippen LogP contribution >= 0.6 is 11.3 Å². The van der Waals surface area contributed by atoms with Crippen molar-refractivity contribution in [3.8, 4) is 0 Å². The lowest BCUT2D eigenvalue weighted by molar-refractivity contribution is 0.0912.